The van der Waals surface area contributed by atoms with Gasteiger partial charge in [-0.3, -0.25) is 4.79 Å². The molecule has 1 N–H and O–H groups in total. The highest BCUT2D eigenvalue weighted by atomic mass is 16.5. The second-order valence-electron chi connectivity index (χ2n) is 5.98. The van der Waals surface area contributed by atoms with Crippen molar-refractivity contribution in [3.8, 4) is 5.75 Å². The van der Waals surface area contributed by atoms with Crippen LogP contribution in [0.5, 0.6) is 5.75 Å². The van der Waals surface area contributed by atoms with Crippen molar-refractivity contribution < 1.29 is 9.53 Å². The number of aromatic nitrogens is 1. The van der Waals surface area contributed by atoms with Gasteiger partial charge in [-0.15, -0.1) is 0 Å². The summed E-state index contributed by atoms with van der Waals surface area (Å²) in [5, 5.41) is 0.904. The maximum Gasteiger partial charge on any atom is 0.256 e. The van der Waals surface area contributed by atoms with Crippen molar-refractivity contribution in [3.05, 3.63) is 29.5 Å². The predicted molar refractivity (Wildman–Crippen MR) is 83.9 cm³/mol. The lowest BCUT2D eigenvalue weighted by atomic mass is 9.98. The fourth-order valence-electron chi connectivity index (χ4n) is 3.15. The summed E-state index contributed by atoms with van der Waals surface area (Å²) >= 11 is 0. The molecule has 0 spiro atoms. The van der Waals surface area contributed by atoms with Crippen LogP contribution in [0.25, 0.3) is 10.9 Å². The van der Waals surface area contributed by atoms with Gasteiger partial charge in [0, 0.05) is 18.8 Å². The Morgan fingerprint density at radius 1 is 1.33 bits per heavy atom. The van der Waals surface area contributed by atoms with Crippen LogP contribution in [0.3, 0.4) is 0 Å². The van der Waals surface area contributed by atoms with Gasteiger partial charge in [0.15, 0.2) is 0 Å². The van der Waals surface area contributed by atoms with Gasteiger partial charge in [-0.1, -0.05) is 13.0 Å². The molecule has 4 heteroatoms. The zero-order valence-electron chi connectivity index (χ0n) is 12.9. The van der Waals surface area contributed by atoms with Crippen LogP contribution in [0.15, 0.2) is 18.2 Å². The summed E-state index contributed by atoms with van der Waals surface area (Å²) in [7, 11) is 1.65. The van der Waals surface area contributed by atoms with Crippen LogP contribution in [-0.2, 0) is 0 Å². The lowest BCUT2D eigenvalue weighted by Gasteiger charge is -2.30. The Morgan fingerprint density at radius 2 is 2.05 bits per heavy atom. The zero-order chi connectivity index (χ0) is 15.0. The van der Waals surface area contributed by atoms with Gasteiger partial charge in [0.25, 0.3) is 5.91 Å². The number of carbonyl (C=O) groups excluding carboxylic acids is 1. The van der Waals surface area contributed by atoms with Gasteiger partial charge < -0.3 is 14.6 Å². The largest absolute Gasteiger partial charge is 0.496 e. The summed E-state index contributed by atoms with van der Waals surface area (Å²) < 4.78 is 5.45. The summed E-state index contributed by atoms with van der Waals surface area (Å²) in [6.07, 6.45) is 2.18. The van der Waals surface area contributed by atoms with Gasteiger partial charge in [-0.2, -0.15) is 0 Å². The molecule has 0 atom stereocenters. The van der Waals surface area contributed by atoms with E-state index in [-0.39, 0.29) is 5.91 Å². The number of likely N-dealkylation sites (tertiary alicyclic amines) is 1. The number of rotatable bonds is 2. The van der Waals surface area contributed by atoms with E-state index in [0.29, 0.717) is 5.92 Å². The van der Waals surface area contributed by atoms with Gasteiger partial charge in [-0.25, -0.2) is 0 Å². The van der Waals surface area contributed by atoms with Gasteiger partial charge in [0.2, 0.25) is 0 Å². The van der Waals surface area contributed by atoms with Crippen LogP contribution < -0.4 is 4.74 Å². The zero-order valence-corrected chi connectivity index (χ0v) is 12.9. The van der Waals surface area contributed by atoms with Crippen LogP contribution in [0.1, 0.15) is 35.8 Å². The van der Waals surface area contributed by atoms with E-state index in [2.05, 4.69) is 11.9 Å². The average molecular weight is 286 g/mol. The van der Waals surface area contributed by atoms with E-state index in [9.17, 15) is 4.79 Å². The predicted octanol–water partition coefficient (Wildman–Crippen LogP) is 3.36. The van der Waals surface area contributed by atoms with Crippen molar-refractivity contribution in [1.29, 1.82) is 0 Å². The molecule has 0 bridgehead atoms. The highest BCUT2D eigenvalue weighted by Gasteiger charge is 2.26. The molecule has 0 radical (unpaired) electrons. The van der Waals surface area contributed by atoms with Gasteiger partial charge in [0.1, 0.15) is 5.75 Å². The Balaban J connectivity index is 2.03. The van der Waals surface area contributed by atoms with Gasteiger partial charge in [0.05, 0.1) is 23.6 Å². The molecule has 1 fully saturated rings. The molecule has 2 heterocycles. The lowest BCUT2D eigenvalue weighted by molar-refractivity contribution is 0.0698. The summed E-state index contributed by atoms with van der Waals surface area (Å²) in [5.74, 6) is 1.59. The van der Waals surface area contributed by atoms with Crippen molar-refractivity contribution in [2.24, 2.45) is 5.92 Å². The van der Waals surface area contributed by atoms with Crippen molar-refractivity contribution in [1.82, 2.24) is 9.88 Å². The summed E-state index contributed by atoms with van der Waals surface area (Å²) in [6.45, 7) is 5.91. The number of aryl methyl sites for hydroxylation is 1. The molecule has 1 aromatic heterocycles. The van der Waals surface area contributed by atoms with Crippen LogP contribution in [-0.4, -0.2) is 36.0 Å². The number of aromatic amines is 1. The van der Waals surface area contributed by atoms with Gasteiger partial charge in [-0.05, 0) is 37.8 Å². The number of ether oxygens (including phenoxy) is 1. The van der Waals surface area contributed by atoms with E-state index in [0.717, 1.165) is 53.8 Å². The number of benzene rings is 1. The van der Waals surface area contributed by atoms with Crippen molar-refractivity contribution >= 4 is 16.8 Å². The maximum atomic E-state index is 12.9. The third kappa shape index (κ3) is 2.39. The number of H-pyrrole nitrogens is 1. The third-order valence-corrected chi connectivity index (χ3v) is 4.48. The molecular formula is C17H22N2O2. The number of nitrogens with zero attached hydrogens (tertiary/aromatic N) is 1. The number of piperidine rings is 1. The van der Waals surface area contributed by atoms with E-state index in [1.165, 1.54) is 0 Å². The highest BCUT2D eigenvalue weighted by Crippen LogP contribution is 2.32. The minimum atomic E-state index is 0.121. The monoisotopic (exact) mass is 286 g/mol. The first kappa shape index (κ1) is 14.0. The van der Waals surface area contributed by atoms with Gasteiger partial charge >= 0.3 is 0 Å². The van der Waals surface area contributed by atoms with Crippen LogP contribution in [0.4, 0.5) is 0 Å². The minimum Gasteiger partial charge on any atom is -0.496 e. The molecule has 4 nitrogen and oxygen atoms in total. The number of nitrogens with one attached hydrogen (secondary N) is 1. The summed E-state index contributed by atoms with van der Waals surface area (Å²) in [4.78, 5) is 18.2. The first-order valence-corrected chi connectivity index (χ1v) is 7.56. The molecule has 2 aromatic rings. The number of amides is 1. The van der Waals surface area contributed by atoms with E-state index >= 15 is 0 Å². The summed E-state index contributed by atoms with van der Waals surface area (Å²) in [6, 6.07) is 5.83. The Kier molecular flexibility index (Phi) is 3.62. The molecule has 1 saturated heterocycles. The molecule has 0 aliphatic carbocycles. The normalized spacial score (nSPS) is 16.4. The van der Waals surface area contributed by atoms with E-state index in [1.54, 1.807) is 7.11 Å². The smallest absolute Gasteiger partial charge is 0.256 e. The fourth-order valence-corrected chi connectivity index (χ4v) is 3.15. The lowest BCUT2D eigenvalue weighted by Crippen LogP contribution is -2.38. The first-order valence-electron chi connectivity index (χ1n) is 7.56. The molecule has 0 saturated carbocycles. The second-order valence-corrected chi connectivity index (χ2v) is 5.98. The molecule has 1 amide bonds. The topological polar surface area (TPSA) is 45.3 Å². The Hall–Kier alpha value is -1.97. The van der Waals surface area contributed by atoms with E-state index in [4.69, 9.17) is 4.74 Å². The molecular weight excluding hydrogens is 264 g/mol. The van der Waals surface area contributed by atoms with Crippen LogP contribution in [0.2, 0.25) is 0 Å². The number of hydrogen-bond donors (Lipinski definition) is 1. The van der Waals surface area contributed by atoms with E-state index in [1.807, 2.05) is 30.0 Å². The first-order chi connectivity index (χ1) is 10.1. The number of methoxy groups -OCH3 is 1. The highest BCUT2D eigenvalue weighted by molar-refractivity contribution is 6.10. The quantitative estimate of drug-likeness (QED) is 0.920. The Labute approximate surface area is 125 Å². The van der Waals surface area contributed by atoms with Crippen LogP contribution >= 0.6 is 0 Å². The van der Waals surface area contributed by atoms with Crippen molar-refractivity contribution in [3.63, 3.8) is 0 Å². The molecule has 3 rings (SSSR count). The third-order valence-electron chi connectivity index (χ3n) is 4.48. The standard InChI is InChI=1S/C17H22N2O2/c1-11-7-9-19(10-8-11)17(20)15-12(2)18-13-5-4-6-14(21-3)16(13)15/h4-6,11,18H,7-10H2,1-3H3. The average Bonchev–Trinajstić information content (AvgIpc) is 2.83. The molecule has 21 heavy (non-hydrogen) atoms. The molecule has 1 aromatic carbocycles. The van der Waals surface area contributed by atoms with Crippen LogP contribution in [0, 0.1) is 12.8 Å². The fraction of sp³-hybridized carbons (Fsp3) is 0.471. The summed E-state index contributed by atoms with van der Waals surface area (Å²) in [5.41, 5.74) is 2.63. The molecule has 0 unspecified atom stereocenters. The number of fused-ring (bicyclic) bond motifs is 1. The molecule has 1 aliphatic heterocycles. The minimum absolute atomic E-state index is 0.121. The maximum absolute atomic E-state index is 12.9. The molecule has 112 valence electrons. The SMILES string of the molecule is COc1cccc2[nH]c(C)c(C(=O)N3CCC(C)CC3)c12. The molecule has 1 aliphatic rings. The van der Waals surface area contributed by atoms with Crippen molar-refractivity contribution in [2.75, 3.05) is 20.2 Å². The number of hydrogen-bond acceptors (Lipinski definition) is 2. The van der Waals surface area contributed by atoms with Crippen molar-refractivity contribution in [2.45, 2.75) is 26.7 Å². The second kappa shape index (κ2) is 5.43. The Bertz CT molecular complexity index is 667. The Morgan fingerprint density at radius 3 is 2.71 bits per heavy atom. The van der Waals surface area contributed by atoms with E-state index < -0.39 is 0 Å². The number of carbonyl (C=O) groups is 1.